The monoisotopic (exact) mass is 280 g/mol. The number of rotatable bonds is 8. The summed E-state index contributed by atoms with van der Waals surface area (Å²) in [5.41, 5.74) is 2.47. The summed E-state index contributed by atoms with van der Waals surface area (Å²) in [7, 11) is 0. The van der Waals surface area contributed by atoms with E-state index >= 15 is 0 Å². The third-order valence-corrected chi connectivity index (χ3v) is 3.81. The van der Waals surface area contributed by atoms with Gasteiger partial charge in [-0.25, -0.2) is 0 Å². The molecule has 0 spiro atoms. The molecule has 0 atom stereocenters. The van der Waals surface area contributed by atoms with E-state index in [1.165, 1.54) is 24.1 Å². The van der Waals surface area contributed by atoms with Crippen LogP contribution in [-0.4, -0.2) is 19.1 Å². The summed E-state index contributed by atoms with van der Waals surface area (Å²) >= 11 is 6.46. The standard InChI is InChI=1S/C16H25ClN2/c1-3-9-19(10-4-2)16-8-5-13(11-15(16)17)12-18-14-6-7-14/h5,8,11,14,18H,3-4,6-7,9-10,12H2,1-2H3. The number of benzene rings is 1. The summed E-state index contributed by atoms with van der Waals surface area (Å²) in [6, 6.07) is 7.24. The van der Waals surface area contributed by atoms with Gasteiger partial charge in [0.15, 0.2) is 0 Å². The highest BCUT2D eigenvalue weighted by molar-refractivity contribution is 6.33. The molecule has 106 valence electrons. The molecule has 0 aromatic heterocycles. The zero-order valence-corrected chi connectivity index (χ0v) is 12.8. The Hall–Kier alpha value is -0.730. The Labute approximate surface area is 122 Å². The van der Waals surface area contributed by atoms with Gasteiger partial charge in [-0.1, -0.05) is 31.5 Å². The predicted molar refractivity (Wildman–Crippen MR) is 84.1 cm³/mol. The van der Waals surface area contributed by atoms with Crippen LogP contribution in [0.5, 0.6) is 0 Å². The maximum Gasteiger partial charge on any atom is 0.0642 e. The van der Waals surface area contributed by atoms with Crippen LogP contribution in [0.4, 0.5) is 5.69 Å². The van der Waals surface area contributed by atoms with Crippen LogP contribution in [0, 0.1) is 0 Å². The second-order valence-electron chi connectivity index (χ2n) is 5.43. The predicted octanol–water partition coefficient (Wildman–Crippen LogP) is 4.22. The Morgan fingerprint density at radius 3 is 2.42 bits per heavy atom. The van der Waals surface area contributed by atoms with E-state index < -0.39 is 0 Å². The molecule has 0 bridgehead atoms. The van der Waals surface area contributed by atoms with Crippen LogP contribution in [0.2, 0.25) is 5.02 Å². The molecule has 0 aliphatic heterocycles. The van der Waals surface area contributed by atoms with Crippen molar-refractivity contribution in [3.05, 3.63) is 28.8 Å². The molecule has 2 nitrogen and oxygen atoms in total. The lowest BCUT2D eigenvalue weighted by atomic mass is 10.1. The topological polar surface area (TPSA) is 15.3 Å². The number of nitrogens with one attached hydrogen (secondary N) is 1. The quantitative estimate of drug-likeness (QED) is 0.767. The third kappa shape index (κ3) is 4.39. The highest BCUT2D eigenvalue weighted by atomic mass is 35.5. The van der Waals surface area contributed by atoms with Gasteiger partial charge < -0.3 is 10.2 Å². The molecular weight excluding hydrogens is 256 g/mol. The molecule has 3 heteroatoms. The van der Waals surface area contributed by atoms with E-state index in [-0.39, 0.29) is 0 Å². The minimum Gasteiger partial charge on any atom is -0.370 e. The van der Waals surface area contributed by atoms with Crippen LogP contribution >= 0.6 is 11.6 Å². The molecule has 0 unspecified atom stereocenters. The highest BCUT2D eigenvalue weighted by Crippen LogP contribution is 2.28. The fourth-order valence-corrected chi connectivity index (χ4v) is 2.68. The van der Waals surface area contributed by atoms with Crippen LogP contribution in [0.3, 0.4) is 0 Å². The molecule has 1 aliphatic rings. The zero-order chi connectivity index (χ0) is 13.7. The summed E-state index contributed by atoms with van der Waals surface area (Å²) in [5.74, 6) is 0. The summed E-state index contributed by atoms with van der Waals surface area (Å²) in [4.78, 5) is 2.39. The Morgan fingerprint density at radius 2 is 1.89 bits per heavy atom. The normalized spacial score (nSPS) is 14.7. The number of anilines is 1. The van der Waals surface area contributed by atoms with E-state index in [0.29, 0.717) is 0 Å². The summed E-state index contributed by atoms with van der Waals surface area (Å²) in [6.45, 7) is 7.52. The summed E-state index contributed by atoms with van der Waals surface area (Å²) in [6.07, 6.45) is 4.96. The van der Waals surface area contributed by atoms with Gasteiger partial charge in [-0.15, -0.1) is 0 Å². The molecule has 2 rings (SSSR count). The van der Waals surface area contributed by atoms with Crippen molar-refractivity contribution in [3.8, 4) is 0 Å². The molecule has 1 saturated carbocycles. The first-order chi connectivity index (χ1) is 9.24. The van der Waals surface area contributed by atoms with Gasteiger partial charge in [-0.3, -0.25) is 0 Å². The van der Waals surface area contributed by atoms with Crippen molar-refractivity contribution >= 4 is 17.3 Å². The van der Waals surface area contributed by atoms with Gasteiger partial charge in [0, 0.05) is 25.7 Å². The third-order valence-electron chi connectivity index (χ3n) is 3.51. The van der Waals surface area contributed by atoms with E-state index in [0.717, 1.165) is 43.5 Å². The summed E-state index contributed by atoms with van der Waals surface area (Å²) < 4.78 is 0. The molecule has 19 heavy (non-hydrogen) atoms. The Morgan fingerprint density at radius 1 is 1.21 bits per heavy atom. The average molecular weight is 281 g/mol. The maximum absolute atomic E-state index is 6.46. The van der Waals surface area contributed by atoms with Gasteiger partial charge in [-0.2, -0.15) is 0 Å². The smallest absolute Gasteiger partial charge is 0.0642 e. The minimum absolute atomic E-state index is 0.745. The van der Waals surface area contributed by atoms with E-state index in [1.54, 1.807) is 0 Å². The molecule has 0 amide bonds. The van der Waals surface area contributed by atoms with Crippen molar-refractivity contribution in [2.75, 3.05) is 18.0 Å². The molecule has 1 aromatic rings. The van der Waals surface area contributed by atoms with Crippen LogP contribution in [-0.2, 0) is 6.54 Å². The van der Waals surface area contributed by atoms with Gasteiger partial charge in [0.25, 0.3) is 0 Å². The number of hydrogen-bond donors (Lipinski definition) is 1. The first kappa shape index (κ1) is 14.7. The molecule has 0 saturated heterocycles. The van der Waals surface area contributed by atoms with E-state index in [9.17, 15) is 0 Å². The van der Waals surface area contributed by atoms with Crippen molar-refractivity contribution in [1.29, 1.82) is 0 Å². The second kappa shape index (κ2) is 7.16. The summed E-state index contributed by atoms with van der Waals surface area (Å²) in [5, 5.41) is 4.41. The van der Waals surface area contributed by atoms with Gasteiger partial charge in [-0.05, 0) is 43.4 Å². The number of hydrogen-bond acceptors (Lipinski definition) is 2. The van der Waals surface area contributed by atoms with Gasteiger partial charge in [0.2, 0.25) is 0 Å². The van der Waals surface area contributed by atoms with Crippen LogP contribution in [0.15, 0.2) is 18.2 Å². The molecule has 1 fully saturated rings. The van der Waals surface area contributed by atoms with Gasteiger partial charge in [0.05, 0.1) is 10.7 Å². The van der Waals surface area contributed by atoms with Crippen molar-refractivity contribution < 1.29 is 0 Å². The number of halogens is 1. The van der Waals surface area contributed by atoms with Crippen LogP contribution < -0.4 is 10.2 Å². The van der Waals surface area contributed by atoms with Gasteiger partial charge >= 0.3 is 0 Å². The largest absolute Gasteiger partial charge is 0.370 e. The van der Waals surface area contributed by atoms with Crippen LogP contribution in [0.1, 0.15) is 45.1 Å². The first-order valence-corrected chi connectivity index (χ1v) is 7.89. The molecule has 0 heterocycles. The molecular formula is C16H25ClN2. The fourth-order valence-electron chi connectivity index (χ4n) is 2.36. The van der Waals surface area contributed by atoms with Crippen molar-refractivity contribution in [3.63, 3.8) is 0 Å². The van der Waals surface area contributed by atoms with E-state index in [1.807, 2.05) is 0 Å². The van der Waals surface area contributed by atoms with Crippen molar-refractivity contribution in [1.82, 2.24) is 5.32 Å². The lowest BCUT2D eigenvalue weighted by Gasteiger charge is -2.25. The SMILES string of the molecule is CCCN(CCC)c1ccc(CNC2CC2)cc1Cl. The maximum atomic E-state index is 6.46. The fraction of sp³-hybridized carbons (Fsp3) is 0.625. The Balaban J connectivity index is 2.02. The zero-order valence-electron chi connectivity index (χ0n) is 12.1. The Bertz CT molecular complexity index is 396. The van der Waals surface area contributed by atoms with E-state index in [4.69, 9.17) is 11.6 Å². The van der Waals surface area contributed by atoms with Crippen LogP contribution in [0.25, 0.3) is 0 Å². The highest BCUT2D eigenvalue weighted by Gasteiger charge is 2.20. The van der Waals surface area contributed by atoms with Gasteiger partial charge in [0.1, 0.15) is 0 Å². The molecule has 0 radical (unpaired) electrons. The van der Waals surface area contributed by atoms with Crippen molar-refractivity contribution in [2.45, 2.75) is 52.1 Å². The lowest BCUT2D eigenvalue weighted by molar-refractivity contribution is 0.687. The lowest BCUT2D eigenvalue weighted by Crippen LogP contribution is -2.25. The number of nitrogens with zero attached hydrogens (tertiary/aromatic N) is 1. The molecule has 1 aromatic carbocycles. The second-order valence-corrected chi connectivity index (χ2v) is 5.84. The van der Waals surface area contributed by atoms with E-state index in [2.05, 4.69) is 42.3 Å². The average Bonchev–Trinajstić information content (AvgIpc) is 3.20. The molecule has 1 N–H and O–H groups in total. The minimum atomic E-state index is 0.745. The first-order valence-electron chi connectivity index (χ1n) is 7.51. The molecule has 1 aliphatic carbocycles. The Kier molecular flexibility index (Phi) is 5.53. The van der Waals surface area contributed by atoms with Crippen molar-refractivity contribution in [2.24, 2.45) is 0 Å².